The lowest BCUT2D eigenvalue weighted by Crippen LogP contribution is -2.29. The van der Waals surface area contributed by atoms with Crippen molar-refractivity contribution >= 4 is 5.91 Å². The molecule has 0 saturated heterocycles. The van der Waals surface area contributed by atoms with Gasteiger partial charge >= 0.3 is 0 Å². The Hall–Kier alpha value is -2.33. The molecular weight excluding hydrogens is 288 g/mol. The summed E-state index contributed by atoms with van der Waals surface area (Å²) in [5.74, 6) is 0.628. The smallest absolute Gasteiger partial charge is 0.258 e. The number of amides is 1. The van der Waals surface area contributed by atoms with Crippen LogP contribution in [0.1, 0.15) is 16.7 Å². The number of rotatable bonds is 7. The number of nitrogens with one attached hydrogen (secondary N) is 1. The van der Waals surface area contributed by atoms with Gasteiger partial charge in [0, 0.05) is 13.1 Å². The van der Waals surface area contributed by atoms with Gasteiger partial charge in [-0.05, 0) is 43.8 Å². The van der Waals surface area contributed by atoms with Crippen molar-refractivity contribution in [2.45, 2.75) is 20.0 Å². The standard InChI is InChI=1S/C19H24N2O2/c1-15-8-4-7-11-18(15)23-14-19(22)20-12-16-9-5-6-10-17(16)13-21(2)3/h4-11H,12-14H2,1-3H3,(H,20,22). The third-order valence-corrected chi connectivity index (χ3v) is 3.53. The highest BCUT2D eigenvalue weighted by atomic mass is 16.5. The summed E-state index contributed by atoms with van der Waals surface area (Å²) in [6.07, 6.45) is 0. The second-order valence-electron chi connectivity index (χ2n) is 5.84. The summed E-state index contributed by atoms with van der Waals surface area (Å²) in [6.45, 7) is 3.36. The topological polar surface area (TPSA) is 41.6 Å². The number of hydrogen-bond donors (Lipinski definition) is 1. The van der Waals surface area contributed by atoms with Crippen LogP contribution >= 0.6 is 0 Å². The Morgan fingerprint density at radius 3 is 2.39 bits per heavy atom. The molecule has 4 nitrogen and oxygen atoms in total. The van der Waals surface area contributed by atoms with Crippen molar-refractivity contribution in [2.24, 2.45) is 0 Å². The van der Waals surface area contributed by atoms with Crippen LogP contribution < -0.4 is 10.1 Å². The Kier molecular flexibility index (Phi) is 6.18. The molecule has 0 aromatic heterocycles. The van der Waals surface area contributed by atoms with Crippen molar-refractivity contribution in [1.29, 1.82) is 0 Å². The highest BCUT2D eigenvalue weighted by Crippen LogP contribution is 2.15. The zero-order chi connectivity index (χ0) is 16.7. The van der Waals surface area contributed by atoms with Gasteiger partial charge in [0.05, 0.1) is 0 Å². The molecule has 0 saturated carbocycles. The van der Waals surface area contributed by atoms with Crippen molar-refractivity contribution in [2.75, 3.05) is 20.7 Å². The zero-order valence-electron chi connectivity index (χ0n) is 14.0. The van der Waals surface area contributed by atoms with Crippen LogP contribution in [0.15, 0.2) is 48.5 Å². The van der Waals surface area contributed by atoms with Crippen LogP contribution in [0.5, 0.6) is 5.75 Å². The molecule has 4 heteroatoms. The van der Waals surface area contributed by atoms with E-state index in [-0.39, 0.29) is 12.5 Å². The summed E-state index contributed by atoms with van der Waals surface area (Å²) in [6, 6.07) is 15.8. The second-order valence-corrected chi connectivity index (χ2v) is 5.84. The fourth-order valence-electron chi connectivity index (χ4n) is 2.33. The molecule has 23 heavy (non-hydrogen) atoms. The van der Waals surface area contributed by atoms with Gasteiger partial charge in [0.1, 0.15) is 5.75 Å². The minimum Gasteiger partial charge on any atom is -0.484 e. The Bertz CT molecular complexity index is 653. The van der Waals surface area contributed by atoms with Gasteiger partial charge in [-0.1, -0.05) is 42.5 Å². The highest BCUT2D eigenvalue weighted by molar-refractivity contribution is 5.77. The number of hydrogen-bond acceptors (Lipinski definition) is 3. The van der Waals surface area contributed by atoms with E-state index in [0.29, 0.717) is 6.54 Å². The quantitative estimate of drug-likeness (QED) is 0.855. The molecule has 122 valence electrons. The summed E-state index contributed by atoms with van der Waals surface area (Å²) < 4.78 is 5.56. The molecule has 0 fully saturated rings. The number of nitrogens with zero attached hydrogens (tertiary/aromatic N) is 1. The number of aryl methyl sites for hydroxylation is 1. The largest absolute Gasteiger partial charge is 0.484 e. The number of carbonyl (C=O) groups excluding carboxylic acids is 1. The lowest BCUT2D eigenvalue weighted by molar-refractivity contribution is -0.123. The van der Waals surface area contributed by atoms with Crippen LogP contribution in [0.2, 0.25) is 0 Å². The number of benzene rings is 2. The summed E-state index contributed by atoms with van der Waals surface area (Å²) >= 11 is 0. The van der Waals surface area contributed by atoms with Gasteiger partial charge in [-0.2, -0.15) is 0 Å². The van der Waals surface area contributed by atoms with Gasteiger partial charge in [0.25, 0.3) is 5.91 Å². The van der Waals surface area contributed by atoms with E-state index in [9.17, 15) is 4.79 Å². The Morgan fingerprint density at radius 2 is 1.70 bits per heavy atom. The van der Waals surface area contributed by atoms with Crippen LogP contribution in [-0.2, 0) is 17.9 Å². The molecule has 0 unspecified atom stereocenters. The van der Waals surface area contributed by atoms with E-state index < -0.39 is 0 Å². The Labute approximate surface area is 138 Å². The molecule has 2 aromatic rings. The minimum atomic E-state index is -0.118. The number of carbonyl (C=O) groups is 1. The average Bonchev–Trinajstić information content (AvgIpc) is 2.53. The second kappa shape index (κ2) is 8.34. The predicted molar refractivity (Wildman–Crippen MR) is 92.4 cm³/mol. The molecule has 2 aromatic carbocycles. The Morgan fingerprint density at radius 1 is 1.04 bits per heavy atom. The number of ether oxygens (including phenoxy) is 1. The Balaban J connectivity index is 1.86. The molecule has 0 heterocycles. The normalized spacial score (nSPS) is 10.6. The molecular formula is C19H24N2O2. The van der Waals surface area contributed by atoms with Crippen molar-refractivity contribution in [3.8, 4) is 5.75 Å². The first kappa shape index (κ1) is 17.0. The molecule has 0 atom stereocenters. The van der Waals surface area contributed by atoms with E-state index in [4.69, 9.17) is 4.74 Å². The number of para-hydroxylation sites is 1. The molecule has 0 aliphatic rings. The molecule has 0 aliphatic carbocycles. The van der Waals surface area contributed by atoms with Gasteiger partial charge in [0.15, 0.2) is 6.61 Å². The predicted octanol–water partition coefficient (Wildman–Crippen LogP) is 2.75. The minimum absolute atomic E-state index is 0.0285. The van der Waals surface area contributed by atoms with E-state index >= 15 is 0 Å². The SMILES string of the molecule is Cc1ccccc1OCC(=O)NCc1ccccc1CN(C)C. The third-order valence-electron chi connectivity index (χ3n) is 3.53. The first-order valence-electron chi connectivity index (χ1n) is 7.73. The third kappa shape index (κ3) is 5.42. The van der Waals surface area contributed by atoms with Crippen molar-refractivity contribution < 1.29 is 9.53 Å². The summed E-state index contributed by atoms with van der Waals surface area (Å²) in [5.41, 5.74) is 3.37. The van der Waals surface area contributed by atoms with E-state index in [1.165, 1.54) is 5.56 Å². The van der Waals surface area contributed by atoms with Gasteiger partial charge in [0.2, 0.25) is 0 Å². The fraction of sp³-hybridized carbons (Fsp3) is 0.316. The van der Waals surface area contributed by atoms with E-state index in [0.717, 1.165) is 23.4 Å². The molecule has 0 bridgehead atoms. The molecule has 2 rings (SSSR count). The molecule has 0 aliphatic heterocycles. The van der Waals surface area contributed by atoms with E-state index in [1.807, 2.05) is 63.5 Å². The molecule has 0 radical (unpaired) electrons. The lowest BCUT2D eigenvalue weighted by atomic mass is 10.1. The van der Waals surface area contributed by atoms with Crippen LogP contribution in [0.3, 0.4) is 0 Å². The van der Waals surface area contributed by atoms with Gasteiger partial charge in [-0.3, -0.25) is 4.79 Å². The van der Waals surface area contributed by atoms with Gasteiger partial charge in [-0.15, -0.1) is 0 Å². The van der Waals surface area contributed by atoms with E-state index in [1.54, 1.807) is 0 Å². The highest BCUT2D eigenvalue weighted by Gasteiger charge is 2.07. The monoisotopic (exact) mass is 312 g/mol. The molecule has 0 spiro atoms. The van der Waals surface area contributed by atoms with E-state index in [2.05, 4.69) is 16.3 Å². The first-order valence-corrected chi connectivity index (χ1v) is 7.73. The summed E-state index contributed by atoms with van der Waals surface area (Å²) in [7, 11) is 4.07. The lowest BCUT2D eigenvalue weighted by Gasteiger charge is -2.15. The maximum Gasteiger partial charge on any atom is 0.258 e. The molecule has 1 amide bonds. The fourth-order valence-corrected chi connectivity index (χ4v) is 2.33. The van der Waals surface area contributed by atoms with Gasteiger partial charge in [-0.25, -0.2) is 0 Å². The summed E-state index contributed by atoms with van der Waals surface area (Å²) in [5, 5.41) is 2.92. The maximum absolute atomic E-state index is 12.0. The summed E-state index contributed by atoms with van der Waals surface area (Å²) in [4.78, 5) is 14.1. The van der Waals surface area contributed by atoms with Crippen molar-refractivity contribution in [3.63, 3.8) is 0 Å². The van der Waals surface area contributed by atoms with Crippen molar-refractivity contribution in [1.82, 2.24) is 10.2 Å². The van der Waals surface area contributed by atoms with Crippen LogP contribution in [0.25, 0.3) is 0 Å². The average molecular weight is 312 g/mol. The van der Waals surface area contributed by atoms with Crippen LogP contribution in [0, 0.1) is 6.92 Å². The zero-order valence-corrected chi connectivity index (χ0v) is 14.0. The van der Waals surface area contributed by atoms with Crippen LogP contribution in [0.4, 0.5) is 0 Å². The van der Waals surface area contributed by atoms with Gasteiger partial charge < -0.3 is 15.0 Å². The first-order chi connectivity index (χ1) is 11.1. The van der Waals surface area contributed by atoms with Crippen molar-refractivity contribution in [3.05, 3.63) is 65.2 Å². The van der Waals surface area contributed by atoms with Crippen LogP contribution in [-0.4, -0.2) is 31.5 Å². The molecule has 1 N–H and O–H groups in total. The maximum atomic E-state index is 12.0.